The molecule has 0 saturated heterocycles. The summed E-state index contributed by atoms with van der Waals surface area (Å²) >= 11 is 0. The first-order valence-corrected chi connectivity index (χ1v) is 11.1. The number of pyridine rings is 1. The number of fused-ring (bicyclic) bond motifs is 2. The minimum Gasteiger partial charge on any atom is -0.384 e. The number of amides is 1. The van der Waals surface area contributed by atoms with Crippen molar-refractivity contribution in [1.29, 1.82) is 0 Å². The van der Waals surface area contributed by atoms with E-state index in [9.17, 15) is 4.79 Å². The lowest BCUT2D eigenvalue weighted by atomic mass is 10.1. The third-order valence-electron chi connectivity index (χ3n) is 6.11. The van der Waals surface area contributed by atoms with E-state index in [1.54, 1.807) is 18.6 Å². The molecule has 34 heavy (non-hydrogen) atoms. The van der Waals surface area contributed by atoms with Gasteiger partial charge in [-0.25, -0.2) is 9.97 Å². The molecule has 1 aliphatic rings. The van der Waals surface area contributed by atoms with Gasteiger partial charge in [-0.2, -0.15) is 5.10 Å². The highest BCUT2D eigenvalue weighted by Gasteiger charge is 2.18. The van der Waals surface area contributed by atoms with Crippen LogP contribution in [-0.2, 0) is 19.6 Å². The number of aliphatic imine (C=N–C) groups is 1. The molecule has 4 aromatic rings. The van der Waals surface area contributed by atoms with Gasteiger partial charge in [-0.1, -0.05) is 12.1 Å². The minimum absolute atomic E-state index is 0.241. The van der Waals surface area contributed by atoms with Crippen molar-refractivity contribution in [2.45, 2.75) is 40.4 Å². The van der Waals surface area contributed by atoms with E-state index in [0.29, 0.717) is 37.0 Å². The Balaban J connectivity index is 1.31. The second-order valence-electron chi connectivity index (χ2n) is 8.57. The zero-order chi connectivity index (χ0) is 23.8. The van der Waals surface area contributed by atoms with Gasteiger partial charge in [-0.3, -0.25) is 14.5 Å². The van der Waals surface area contributed by atoms with Crippen LogP contribution in [-0.4, -0.2) is 36.4 Å². The normalized spacial score (nSPS) is 12.2. The van der Waals surface area contributed by atoms with E-state index in [1.807, 2.05) is 42.2 Å². The molecule has 0 spiro atoms. The fourth-order valence-corrected chi connectivity index (χ4v) is 4.19. The maximum atomic E-state index is 12.8. The maximum Gasteiger partial charge on any atom is 0.271 e. The number of aryl methyl sites for hydroxylation is 3. The van der Waals surface area contributed by atoms with Crippen molar-refractivity contribution in [1.82, 2.24) is 29.6 Å². The van der Waals surface area contributed by atoms with Crippen molar-refractivity contribution < 1.29 is 4.79 Å². The van der Waals surface area contributed by atoms with Crippen LogP contribution in [0.5, 0.6) is 0 Å². The van der Waals surface area contributed by atoms with Crippen LogP contribution >= 0.6 is 0 Å². The van der Waals surface area contributed by atoms with E-state index in [-0.39, 0.29) is 5.91 Å². The van der Waals surface area contributed by atoms with Gasteiger partial charge in [0.2, 0.25) is 0 Å². The van der Waals surface area contributed by atoms with Crippen LogP contribution in [0.3, 0.4) is 0 Å². The Morgan fingerprint density at radius 3 is 2.76 bits per heavy atom. The molecule has 0 saturated carbocycles. The summed E-state index contributed by atoms with van der Waals surface area (Å²) in [5.74, 6) is 0.883. The van der Waals surface area contributed by atoms with Gasteiger partial charge in [0.25, 0.3) is 5.91 Å². The summed E-state index contributed by atoms with van der Waals surface area (Å²) in [7, 11) is 0. The van der Waals surface area contributed by atoms with Crippen LogP contribution in [0.25, 0.3) is 0 Å². The molecule has 5 rings (SSSR count). The van der Waals surface area contributed by atoms with E-state index in [1.165, 1.54) is 0 Å². The van der Waals surface area contributed by atoms with E-state index in [2.05, 4.69) is 43.6 Å². The second-order valence-corrected chi connectivity index (χ2v) is 8.57. The Kier molecular flexibility index (Phi) is 5.45. The monoisotopic (exact) mass is 454 g/mol. The zero-order valence-electron chi connectivity index (χ0n) is 19.4. The molecule has 0 unspecified atom stereocenters. The van der Waals surface area contributed by atoms with E-state index in [4.69, 9.17) is 5.73 Å². The van der Waals surface area contributed by atoms with Crippen molar-refractivity contribution in [3.63, 3.8) is 0 Å². The number of nitrogens with zero attached hydrogens (tertiary/aromatic N) is 6. The molecule has 3 N–H and O–H groups in total. The van der Waals surface area contributed by atoms with Gasteiger partial charge in [0.15, 0.2) is 5.82 Å². The number of benzene rings is 1. The lowest BCUT2D eigenvalue weighted by Gasteiger charge is -2.11. The SMILES string of the molecule is Cc1cc(N)nc(C)c1CNC(=O)c1cn2c(n1)C=Nc1cc(Cn3nccc3C)ccc1C2. The summed E-state index contributed by atoms with van der Waals surface area (Å²) in [4.78, 5) is 26.2. The molecule has 0 bridgehead atoms. The lowest BCUT2D eigenvalue weighted by molar-refractivity contribution is 0.0946. The standard InChI is InChI=1S/C25H26N8O/c1-15-8-23(26)30-17(3)20(15)10-28-25(34)22-14-32-13-19-5-4-18(12-33-16(2)6-7-29-33)9-21(19)27-11-24(32)31-22/h4-9,11,14H,10,12-13H2,1-3H3,(H2,26,30)(H,28,34). The summed E-state index contributed by atoms with van der Waals surface area (Å²) in [6, 6.07) is 10.1. The predicted molar refractivity (Wildman–Crippen MR) is 130 cm³/mol. The molecular formula is C25H26N8O. The molecule has 0 aliphatic carbocycles. The number of nitrogen functional groups attached to an aromatic ring is 1. The van der Waals surface area contributed by atoms with Crippen molar-refractivity contribution in [2.75, 3.05) is 5.73 Å². The average molecular weight is 455 g/mol. The molecule has 0 atom stereocenters. The van der Waals surface area contributed by atoms with Gasteiger partial charge in [0, 0.05) is 30.3 Å². The Bertz CT molecular complexity index is 1410. The van der Waals surface area contributed by atoms with Gasteiger partial charge in [-0.05, 0) is 61.2 Å². The summed E-state index contributed by atoms with van der Waals surface area (Å²) < 4.78 is 3.91. The zero-order valence-corrected chi connectivity index (χ0v) is 19.4. The summed E-state index contributed by atoms with van der Waals surface area (Å²) in [5.41, 5.74) is 13.1. The van der Waals surface area contributed by atoms with Gasteiger partial charge in [-0.15, -0.1) is 0 Å². The number of hydrogen-bond donors (Lipinski definition) is 2. The van der Waals surface area contributed by atoms with Gasteiger partial charge in [0.05, 0.1) is 25.0 Å². The number of nitrogens with two attached hydrogens (primary N) is 1. The van der Waals surface area contributed by atoms with Crippen molar-refractivity contribution in [2.24, 2.45) is 4.99 Å². The number of rotatable bonds is 5. The molecule has 172 valence electrons. The fourth-order valence-electron chi connectivity index (χ4n) is 4.19. The highest BCUT2D eigenvalue weighted by molar-refractivity contribution is 5.93. The van der Waals surface area contributed by atoms with E-state index < -0.39 is 0 Å². The van der Waals surface area contributed by atoms with Crippen molar-refractivity contribution in [3.8, 4) is 0 Å². The van der Waals surface area contributed by atoms with E-state index >= 15 is 0 Å². The first-order valence-electron chi connectivity index (χ1n) is 11.1. The quantitative estimate of drug-likeness (QED) is 0.423. The number of aromatic nitrogens is 5. The van der Waals surface area contributed by atoms with Crippen LogP contribution in [0.15, 0.2) is 47.7 Å². The van der Waals surface area contributed by atoms with Crippen LogP contribution in [0.1, 0.15) is 50.0 Å². The molecule has 0 fully saturated rings. The van der Waals surface area contributed by atoms with Gasteiger partial charge >= 0.3 is 0 Å². The van der Waals surface area contributed by atoms with Crippen LogP contribution in [0.2, 0.25) is 0 Å². The predicted octanol–water partition coefficient (Wildman–Crippen LogP) is 3.07. The molecule has 1 amide bonds. The number of carbonyl (C=O) groups excluding carboxylic acids is 1. The Morgan fingerprint density at radius 2 is 2.00 bits per heavy atom. The first-order chi connectivity index (χ1) is 16.4. The van der Waals surface area contributed by atoms with Gasteiger partial charge < -0.3 is 15.6 Å². The molecule has 9 heteroatoms. The first kappa shape index (κ1) is 21.6. The highest BCUT2D eigenvalue weighted by atomic mass is 16.1. The van der Waals surface area contributed by atoms with Crippen LogP contribution in [0, 0.1) is 20.8 Å². The lowest BCUT2D eigenvalue weighted by Crippen LogP contribution is -2.24. The Hall–Kier alpha value is -4.27. The molecule has 0 radical (unpaired) electrons. The van der Waals surface area contributed by atoms with Gasteiger partial charge in [0.1, 0.15) is 11.5 Å². The second kappa shape index (κ2) is 8.58. The summed E-state index contributed by atoms with van der Waals surface area (Å²) in [6.45, 7) is 7.53. The third-order valence-corrected chi connectivity index (χ3v) is 6.11. The smallest absolute Gasteiger partial charge is 0.271 e. The van der Waals surface area contributed by atoms with Crippen LogP contribution in [0.4, 0.5) is 11.5 Å². The third kappa shape index (κ3) is 4.19. The van der Waals surface area contributed by atoms with E-state index in [0.717, 1.165) is 39.3 Å². The Labute approximate surface area is 197 Å². The number of carbonyl (C=O) groups is 1. The maximum absolute atomic E-state index is 12.8. The Morgan fingerprint density at radius 1 is 1.15 bits per heavy atom. The fraction of sp³-hybridized carbons (Fsp3) is 0.240. The molecule has 1 aromatic carbocycles. The topological polar surface area (TPSA) is 116 Å². The number of anilines is 1. The summed E-state index contributed by atoms with van der Waals surface area (Å²) in [5, 5.41) is 7.30. The highest BCUT2D eigenvalue weighted by Crippen LogP contribution is 2.26. The summed E-state index contributed by atoms with van der Waals surface area (Å²) in [6.07, 6.45) is 5.29. The molecule has 9 nitrogen and oxygen atoms in total. The molecule has 4 heterocycles. The number of hydrogen-bond acceptors (Lipinski definition) is 6. The van der Waals surface area contributed by atoms with Crippen LogP contribution < -0.4 is 11.1 Å². The van der Waals surface area contributed by atoms with Crippen molar-refractivity contribution in [3.05, 3.63) is 87.9 Å². The molecular weight excluding hydrogens is 428 g/mol. The molecule has 3 aromatic heterocycles. The minimum atomic E-state index is -0.241. The average Bonchev–Trinajstić information content (AvgIpc) is 3.34. The number of nitrogens with one attached hydrogen (secondary N) is 1. The number of imidazole rings is 1. The largest absolute Gasteiger partial charge is 0.384 e. The molecule has 1 aliphatic heterocycles. The van der Waals surface area contributed by atoms with Crippen molar-refractivity contribution >= 4 is 23.6 Å².